The largest absolute Gasteiger partial charge is 0.550 e. The lowest BCUT2D eigenvalue weighted by Gasteiger charge is -2.29. The molecule has 3 rings (SSSR count). The van der Waals surface area contributed by atoms with Crippen LogP contribution in [0, 0.1) is 12.8 Å². The van der Waals surface area contributed by atoms with Crippen LogP contribution in [0.5, 0.6) is 0 Å². The van der Waals surface area contributed by atoms with Gasteiger partial charge in [0.15, 0.2) is 0 Å². The number of carboxylic acid groups (broad SMARTS) is 1. The molecule has 0 amide bonds. The molecule has 124 valence electrons. The van der Waals surface area contributed by atoms with Crippen LogP contribution in [-0.2, 0) is 11.3 Å². The van der Waals surface area contributed by atoms with Crippen LogP contribution in [0.15, 0.2) is 18.3 Å². The van der Waals surface area contributed by atoms with Gasteiger partial charge in [-0.3, -0.25) is 4.40 Å². The number of aromatic nitrogens is 2. The summed E-state index contributed by atoms with van der Waals surface area (Å²) in [4.78, 5) is 17.3. The molecule has 23 heavy (non-hydrogen) atoms. The molecule has 1 aliphatic rings. The molecule has 5 heteroatoms. The Morgan fingerprint density at radius 2 is 2.13 bits per heavy atom. The quantitative estimate of drug-likeness (QED) is 0.883. The van der Waals surface area contributed by atoms with E-state index in [9.17, 15) is 9.90 Å². The predicted molar refractivity (Wildman–Crippen MR) is 86.1 cm³/mol. The molecular formula is C18H25N3O2. The van der Waals surface area contributed by atoms with E-state index in [1.165, 1.54) is 16.2 Å². The Morgan fingerprint density at radius 3 is 2.74 bits per heavy atom. The minimum absolute atomic E-state index is 0.271. The van der Waals surface area contributed by atoms with E-state index in [2.05, 4.69) is 43.5 Å². The van der Waals surface area contributed by atoms with Gasteiger partial charge in [-0.05, 0) is 24.5 Å². The van der Waals surface area contributed by atoms with Crippen molar-refractivity contribution in [3.8, 4) is 0 Å². The molecule has 0 bridgehead atoms. The van der Waals surface area contributed by atoms with Gasteiger partial charge in [-0.2, -0.15) is 0 Å². The molecule has 1 aliphatic heterocycles. The molecule has 5 nitrogen and oxygen atoms in total. The number of hydrogen-bond acceptors (Lipinski definition) is 3. The van der Waals surface area contributed by atoms with Crippen LogP contribution < -0.4 is 10.0 Å². The number of carboxylic acids is 1. The van der Waals surface area contributed by atoms with Crippen molar-refractivity contribution in [2.75, 3.05) is 13.1 Å². The van der Waals surface area contributed by atoms with Crippen molar-refractivity contribution in [2.24, 2.45) is 5.92 Å². The van der Waals surface area contributed by atoms with E-state index in [1.54, 1.807) is 0 Å². The summed E-state index contributed by atoms with van der Waals surface area (Å²) in [6.07, 6.45) is 3.51. The normalized spacial score (nSPS) is 21.9. The molecule has 0 aromatic carbocycles. The summed E-state index contributed by atoms with van der Waals surface area (Å²) < 4.78 is 2.21. The number of carbonyl (C=O) groups is 1. The Hall–Kier alpha value is -1.88. The van der Waals surface area contributed by atoms with Gasteiger partial charge in [0.25, 0.3) is 0 Å². The molecule has 2 aromatic rings. The van der Waals surface area contributed by atoms with E-state index in [-0.39, 0.29) is 5.92 Å². The van der Waals surface area contributed by atoms with Crippen molar-refractivity contribution in [3.05, 3.63) is 35.3 Å². The zero-order valence-electron chi connectivity index (χ0n) is 14.1. The summed E-state index contributed by atoms with van der Waals surface area (Å²) in [5.74, 6) is -0.783. The average molecular weight is 315 g/mol. The minimum atomic E-state index is -0.891. The fourth-order valence-corrected chi connectivity index (χ4v) is 3.58. The smallest absolute Gasteiger partial charge is 0.140 e. The second kappa shape index (κ2) is 6.32. The van der Waals surface area contributed by atoms with Crippen molar-refractivity contribution in [1.29, 1.82) is 0 Å². The number of aryl methyl sites for hydroxylation is 1. The second-order valence-electron chi connectivity index (χ2n) is 7.00. The summed E-state index contributed by atoms with van der Waals surface area (Å²) in [5, 5.41) is 11.0. The van der Waals surface area contributed by atoms with Gasteiger partial charge in [-0.15, -0.1) is 0 Å². The number of nitrogens with one attached hydrogen (secondary N) is 1. The minimum Gasteiger partial charge on any atom is -0.550 e. The topological polar surface area (TPSA) is 61.9 Å². The first-order chi connectivity index (χ1) is 11.0. The van der Waals surface area contributed by atoms with Crippen molar-refractivity contribution < 1.29 is 14.8 Å². The zero-order valence-corrected chi connectivity index (χ0v) is 14.1. The number of pyridine rings is 1. The molecular weight excluding hydrogens is 290 g/mol. The molecule has 0 saturated carbocycles. The van der Waals surface area contributed by atoms with Crippen LogP contribution in [0.4, 0.5) is 0 Å². The van der Waals surface area contributed by atoms with Crippen molar-refractivity contribution in [3.63, 3.8) is 0 Å². The highest BCUT2D eigenvalue weighted by atomic mass is 16.4. The number of aliphatic carboxylic acids is 1. The van der Waals surface area contributed by atoms with Gasteiger partial charge in [-0.25, -0.2) is 4.98 Å². The summed E-state index contributed by atoms with van der Waals surface area (Å²) >= 11 is 0. The van der Waals surface area contributed by atoms with E-state index in [4.69, 9.17) is 4.98 Å². The van der Waals surface area contributed by atoms with E-state index < -0.39 is 5.97 Å². The fourth-order valence-electron chi connectivity index (χ4n) is 3.58. The number of imidazole rings is 1. The Bertz CT molecular complexity index is 712. The average Bonchev–Trinajstić information content (AvgIpc) is 2.88. The standard InChI is InChI=1S/C18H25N3O2/c1-12(2)16-15(21-8-4-5-13(3)17(21)19-16)11-20-9-6-14(7-10-20)18(22)23/h4-5,8,12,14H,6-7,9-11H2,1-3H3,(H,22,23). The van der Waals surface area contributed by atoms with E-state index in [0.29, 0.717) is 18.8 Å². The Balaban J connectivity index is 1.86. The number of carbonyl (C=O) groups excluding carboxylic acids is 1. The summed E-state index contributed by atoms with van der Waals surface area (Å²) in [5.41, 5.74) is 4.65. The lowest BCUT2D eigenvalue weighted by Crippen LogP contribution is -3.12. The first-order valence-electron chi connectivity index (χ1n) is 8.48. The van der Waals surface area contributed by atoms with Crippen molar-refractivity contribution in [1.82, 2.24) is 9.38 Å². The molecule has 0 radical (unpaired) electrons. The lowest BCUT2D eigenvalue weighted by molar-refractivity contribution is -0.919. The third-order valence-electron chi connectivity index (χ3n) is 4.97. The number of hydrogen-bond donors (Lipinski definition) is 1. The number of likely N-dealkylation sites (tertiary alicyclic amines) is 1. The highest BCUT2D eigenvalue weighted by Gasteiger charge is 2.26. The number of piperidine rings is 1. The third kappa shape index (κ3) is 3.11. The monoisotopic (exact) mass is 315 g/mol. The first kappa shape index (κ1) is 16.0. The SMILES string of the molecule is Cc1cccn2c(C[NH+]3CCC(C(=O)[O-])CC3)c(C(C)C)nc12. The van der Waals surface area contributed by atoms with Gasteiger partial charge in [0.1, 0.15) is 17.9 Å². The third-order valence-corrected chi connectivity index (χ3v) is 4.97. The molecule has 0 unspecified atom stereocenters. The number of rotatable bonds is 4. The molecule has 1 N–H and O–H groups in total. The molecule has 1 saturated heterocycles. The Morgan fingerprint density at radius 1 is 1.43 bits per heavy atom. The molecule has 0 atom stereocenters. The van der Waals surface area contributed by atoms with Gasteiger partial charge >= 0.3 is 0 Å². The van der Waals surface area contributed by atoms with E-state index >= 15 is 0 Å². The fraction of sp³-hybridized carbons (Fsp3) is 0.556. The highest BCUT2D eigenvalue weighted by Crippen LogP contribution is 2.22. The van der Waals surface area contributed by atoms with Crippen LogP contribution in [0.25, 0.3) is 5.65 Å². The van der Waals surface area contributed by atoms with Gasteiger partial charge < -0.3 is 14.8 Å². The number of fused-ring (bicyclic) bond motifs is 1. The van der Waals surface area contributed by atoms with Crippen LogP contribution in [0.3, 0.4) is 0 Å². The van der Waals surface area contributed by atoms with Crippen LogP contribution >= 0.6 is 0 Å². The molecule has 1 fully saturated rings. The van der Waals surface area contributed by atoms with E-state index in [1.807, 2.05) is 0 Å². The maximum atomic E-state index is 11.0. The van der Waals surface area contributed by atoms with Crippen LogP contribution in [0.2, 0.25) is 0 Å². The number of quaternary nitrogens is 1. The lowest BCUT2D eigenvalue weighted by atomic mass is 9.97. The molecule has 2 aromatic heterocycles. The maximum absolute atomic E-state index is 11.0. The number of nitrogens with zero attached hydrogens (tertiary/aromatic N) is 2. The van der Waals surface area contributed by atoms with Gasteiger partial charge in [0, 0.05) is 30.9 Å². The molecule has 3 heterocycles. The van der Waals surface area contributed by atoms with Gasteiger partial charge in [0.2, 0.25) is 0 Å². The highest BCUT2D eigenvalue weighted by molar-refractivity contribution is 5.67. The van der Waals surface area contributed by atoms with Crippen LogP contribution in [0.1, 0.15) is 49.6 Å². The van der Waals surface area contributed by atoms with Crippen molar-refractivity contribution in [2.45, 2.75) is 46.1 Å². The first-order valence-corrected chi connectivity index (χ1v) is 8.48. The van der Waals surface area contributed by atoms with Crippen molar-refractivity contribution >= 4 is 11.6 Å². The maximum Gasteiger partial charge on any atom is 0.140 e. The van der Waals surface area contributed by atoms with Crippen LogP contribution in [-0.4, -0.2) is 28.4 Å². The van der Waals surface area contributed by atoms with Gasteiger partial charge in [0.05, 0.1) is 18.8 Å². The summed E-state index contributed by atoms with van der Waals surface area (Å²) in [6.45, 7) is 9.12. The summed E-state index contributed by atoms with van der Waals surface area (Å²) in [7, 11) is 0. The van der Waals surface area contributed by atoms with E-state index in [0.717, 1.165) is 31.0 Å². The predicted octanol–water partition coefficient (Wildman–Crippen LogP) is 0.311. The molecule has 0 spiro atoms. The molecule has 0 aliphatic carbocycles. The second-order valence-corrected chi connectivity index (χ2v) is 7.00. The van der Waals surface area contributed by atoms with Gasteiger partial charge in [-0.1, -0.05) is 19.9 Å². The zero-order chi connectivity index (χ0) is 16.6. The Kier molecular flexibility index (Phi) is 4.39. The Labute approximate surface area is 136 Å². The summed E-state index contributed by atoms with van der Waals surface area (Å²) in [6, 6.07) is 4.16.